The summed E-state index contributed by atoms with van der Waals surface area (Å²) in [6, 6.07) is 9.40. The molecule has 2 amide bonds. The number of rotatable bonds is 5. The van der Waals surface area contributed by atoms with Crippen molar-refractivity contribution in [2.24, 2.45) is 5.92 Å². The van der Waals surface area contributed by atoms with E-state index in [0.717, 1.165) is 17.1 Å². The van der Waals surface area contributed by atoms with Crippen LogP contribution < -0.4 is 5.32 Å². The van der Waals surface area contributed by atoms with Crippen LogP contribution >= 0.6 is 0 Å². The Morgan fingerprint density at radius 2 is 2.00 bits per heavy atom. The van der Waals surface area contributed by atoms with Crippen molar-refractivity contribution in [1.82, 2.24) is 10.2 Å². The maximum atomic E-state index is 13.2. The summed E-state index contributed by atoms with van der Waals surface area (Å²) in [4.78, 5) is 26.5. The van der Waals surface area contributed by atoms with Crippen LogP contribution in [0.5, 0.6) is 0 Å². The van der Waals surface area contributed by atoms with E-state index in [2.05, 4.69) is 5.32 Å². The first kappa shape index (κ1) is 18.2. The molecule has 1 aliphatic rings. The molecule has 0 bridgehead atoms. The monoisotopic (exact) mass is 358 g/mol. The maximum absolute atomic E-state index is 13.2. The number of nitrogens with one attached hydrogen (secondary N) is 1. The normalized spacial score (nSPS) is 20.3. The Kier molecular flexibility index (Phi) is 5.40. The van der Waals surface area contributed by atoms with E-state index in [9.17, 15) is 14.0 Å². The summed E-state index contributed by atoms with van der Waals surface area (Å²) < 4.78 is 18.7. The number of furan rings is 1. The zero-order valence-electron chi connectivity index (χ0n) is 15.0. The first-order valence-corrected chi connectivity index (χ1v) is 8.80. The van der Waals surface area contributed by atoms with Gasteiger partial charge in [-0.15, -0.1) is 0 Å². The van der Waals surface area contributed by atoms with E-state index < -0.39 is 0 Å². The highest BCUT2D eigenvalue weighted by molar-refractivity contribution is 5.84. The molecule has 0 saturated carbocycles. The summed E-state index contributed by atoms with van der Waals surface area (Å²) in [6.45, 7) is 2.35. The lowest BCUT2D eigenvalue weighted by Gasteiger charge is -2.38. The first-order chi connectivity index (χ1) is 12.5. The number of hydrogen-bond acceptors (Lipinski definition) is 3. The third kappa shape index (κ3) is 3.95. The number of carbonyl (C=O) groups is 2. The van der Waals surface area contributed by atoms with Crippen molar-refractivity contribution in [1.29, 1.82) is 0 Å². The van der Waals surface area contributed by atoms with Crippen LogP contribution in [0.2, 0.25) is 0 Å². The molecule has 1 aromatic heterocycles. The van der Waals surface area contributed by atoms with Crippen molar-refractivity contribution in [2.75, 3.05) is 13.6 Å². The maximum Gasteiger partial charge on any atom is 0.225 e. The molecule has 1 fully saturated rings. The molecule has 1 N–H and O–H groups in total. The van der Waals surface area contributed by atoms with Crippen LogP contribution in [-0.2, 0) is 16.0 Å². The molecule has 26 heavy (non-hydrogen) atoms. The van der Waals surface area contributed by atoms with Gasteiger partial charge in [-0.1, -0.05) is 12.1 Å². The molecule has 138 valence electrons. The highest BCUT2D eigenvalue weighted by Crippen LogP contribution is 2.35. The topological polar surface area (TPSA) is 62.6 Å². The van der Waals surface area contributed by atoms with E-state index >= 15 is 0 Å². The van der Waals surface area contributed by atoms with Crippen LogP contribution in [0.15, 0.2) is 40.8 Å². The Morgan fingerprint density at radius 3 is 2.65 bits per heavy atom. The Balaban J connectivity index is 1.69. The number of halogens is 1. The van der Waals surface area contributed by atoms with Gasteiger partial charge in [0.25, 0.3) is 0 Å². The largest absolute Gasteiger partial charge is 0.466 e. The van der Waals surface area contributed by atoms with E-state index in [0.29, 0.717) is 25.8 Å². The van der Waals surface area contributed by atoms with Gasteiger partial charge < -0.3 is 14.6 Å². The number of hydrogen-bond donors (Lipinski definition) is 1. The predicted molar refractivity (Wildman–Crippen MR) is 94.8 cm³/mol. The average Bonchev–Trinajstić information content (AvgIpc) is 3.03. The molecule has 0 aliphatic carbocycles. The summed E-state index contributed by atoms with van der Waals surface area (Å²) in [7, 11) is 1.70. The second-order valence-corrected chi connectivity index (χ2v) is 6.70. The molecule has 0 spiro atoms. The summed E-state index contributed by atoms with van der Waals surface area (Å²) in [5, 5.41) is 2.95. The molecule has 2 atom stereocenters. The number of likely N-dealkylation sites (tertiary alicyclic amines) is 1. The van der Waals surface area contributed by atoms with E-state index in [1.807, 2.05) is 19.1 Å². The van der Waals surface area contributed by atoms with Crippen molar-refractivity contribution in [3.05, 3.63) is 59.3 Å². The van der Waals surface area contributed by atoms with Gasteiger partial charge >= 0.3 is 0 Å². The molecule has 2 heterocycles. The molecule has 1 saturated heterocycles. The summed E-state index contributed by atoms with van der Waals surface area (Å²) >= 11 is 0. The highest BCUT2D eigenvalue weighted by atomic mass is 19.1. The van der Waals surface area contributed by atoms with Crippen LogP contribution in [0.25, 0.3) is 0 Å². The van der Waals surface area contributed by atoms with Gasteiger partial charge in [0.05, 0.1) is 12.0 Å². The smallest absolute Gasteiger partial charge is 0.225 e. The van der Waals surface area contributed by atoms with E-state index in [-0.39, 0.29) is 29.6 Å². The van der Waals surface area contributed by atoms with Crippen LogP contribution in [0.1, 0.15) is 36.0 Å². The quantitative estimate of drug-likeness (QED) is 0.894. The lowest BCUT2D eigenvalue weighted by molar-refractivity contribution is -0.141. The van der Waals surface area contributed by atoms with Crippen molar-refractivity contribution >= 4 is 11.8 Å². The molecule has 6 heteroatoms. The highest BCUT2D eigenvalue weighted by Gasteiger charge is 2.38. The average molecular weight is 358 g/mol. The third-order valence-corrected chi connectivity index (χ3v) is 4.88. The van der Waals surface area contributed by atoms with Crippen LogP contribution in [0, 0.1) is 18.7 Å². The predicted octanol–water partition coefficient (Wildman–Crippen LogP) is 3.00. The number of aryl methyl sites for hydroxylation is 1. The fraction of sp³-hybridized carbons (Fsp3) is 0.400. The molecule has 1 aromatic carbocycles. The summed E-state index contributed by atoms with van der Waals surface area (Å²) in [5.74, 6) is 0.870. The minimum atomic E-state index is -0.386. The second kappa shape index (κ2) is 7.72. The van der Waals surface area contributed by atoms with Gasteiger partial charge in [0.15, 0.2) is 0 Å². The Bertz CT molecular complexity index is 785. The van der Waals surface area contributed by atoms with Crippen molar-refractivity contribution in [2.45, 2.75) is 32.2 Å². The number of nitrogens with zero attached hydrogens (tertiary/aromatic N) is 1. The number of benzene rings is 1. The first-order valence-electron chi connectivity index (χ1n) is 8.80. The van der Waals surface area contributed by atoms with Crippen molar-refractivity contribution in [3.8, 4) is 0 Å². The molecule has 0 radical (unpaired) electrons. The van der Waals surface area contributed by atoms with E-state index in [1.165, 1.54) is 12.1 Å². The number of carbonyl (C=O) groups excluding carboxylic acids is 2. The van der Waals surface area contributed by atoms with Gasteiger partial charge in [0, 0.05) is 26.4 Å². The second-order valence-electron chi connectivity index (χ2n) is 6.70. The molecule has 1 aliphatic heterocycles. The summed E-state index contributed by atoms with van der Waals surface area (Å²) in [5.41, 5.74) is 0.767. The van der Waals surface area contributed by atoms with Crippen LogP contribution in [-0.4, -0.2) is 30.3 Å². The lowest BCUT2D eigenvalue weighted by atomic mass is 9.84. The third-order valence-electron chi connectivity index (χ3n) is 4.88. The van der Waals surface area contributed by atoms with Crippen molar-refractivity contribution < 1.29 is 18.4 Å². The number of amides is 2. The Hall–Kier alpha value is -2.63. The molecule has 2 aromatic rings. The molecular weight excluding hydrogens is 335 g/mol. The molecule has 3 rings (SSSR count). The lowest BCUT2D eigenvalue weighted by Crippen LogP contribution is -2.46. The molecule has 5 nitrogen and oxygen atoms in total. The van der Waals surface area contributed by atoms with Gasteiger partial charge in [0.2, 0.25) is 11.8 Å². The minimum absolute atomic E-state index is 0.00515. The van der Waals surface area contributed by atoms with E-state index in [4.69, 9.17) is 4.42 Å². The van der Waals surface area contributed by atoms with Gasteiger partial charge in [-0.05, 0) is 43.2 Å². The molecular formula is C20H23FN2O3. The SMILES string of the molecule is Cc1ccc(CCNC(=O)C2CCC(=O)N(C)C2c2ccc(F)cc2)o1. The van der Waals surface area contributed by atoms with Gasteiger partial charge in [-0.2, -0.15) is 0 Å². The zero-order chi connectivity index (χ0) is 18.7. The van der Waals surface area contributed by atoms with Gasteiger partial charge in [-0.3, -0.25) is 9.59 Å². The van der Waals surface area contributed by atoms with Crippen LogP contribution in [0.4, 0.5) is 4.39 Å². The van der Waals surface area contributed by atoms with Crippen molar-refractivity contribution in [3.63, 3.8) is 0 Å². The Morgan fingerprint density at radius 1 is 1.27 bits per heavy atom. The van der Waals surface area contributed by atoms with Gasteiger partial charge in [0.1, 0.15) is 17.3 Å². The van der Waals surface area contributed by atoms with E-state index in [1.54, 1.807) is 24.1 Å². The minimum Gasteiger partial charge on any atom is -0.466 e. The fourth-order valence-electron chi connectivity index (χ4n) is 3.49. The number of piperidine rings is 1. The standard InChI is InChI=1S/C20H23FN2O3/c1-13-3-8-16(26-13)11-12-22-20(25)17-9-10-18(24)23(2)19(17)14-4-6-15(21)7-5-14/h3-8,17,19H,9-12H2,1-2H3,(H,22,25). The Labute approximate surface area is 152 Å². The summed E-state index contributed by atoms with van der Waals surface area (Å²) in [6.07, 6.45) is 1.43. The van der Waals surface area contributed by atoms with Crippen LogP contribution in [0.3, 0.4) is 0 Å². The molecule has 2 unspecified atom stereocenters. The zero-order valence-corrected chi connectivity index (χ0v) is 15.0. The fourth-order valence-corrected chi connectivity index (χ4v) is 3.49. The van der Waals surface area contributed by atoms with Gasteiger partial charge in [-0.25, -0.2) is 4.39 Å².